The summed E-state index contributed by atoms with van der Waals surface area (Å²) in [6.07, 6.45) is 1.23. The maximum atomic E-state index is 13.1. The first-order chi connectivity index (χ1) is 13.1. The molecule has 1 aliphatic heterocycles. The molecule has 3 aromatic rings. The molecular weight excluding hydrogens is 349 g/mol. The summed E-state index contributed by atoms with van der Waals surface area (Å²) < 4.78 is 26.2. The number of carbonyl (C=O) groups excluding carboxylic acids is 1. The minimum atomic E-state index is -0.321. The highest BCUT2D eigenvalue weighted by atomic mass is 19.1. The number of benzene rings is 2. The molecule has 2 heterocycles. The molecule has 0 bridgehead atoms. The van der Waals surface area contributed by atoms with Crippen LogP contribution >= 0.6 is 0 Å². The van der Waals surface area contributed by atoms with E-state index in [-0.39, 0.29) is 17.8 Å². The summed E-state index contributed by atoms with van der Waals surface area (Å²) >= 11 is 0. The molecule has 0 saturated carbocycles. The quantitative estimate of drug-likeness (QED) is 0.770. The second kappa shape index (κ2) is 7.11. The lowest BCUT2D eigenvalue weighted by molar-refractivity contribution is 0.0789. The van der Waals surface area contributed by atoms with Crippen LogP contribution in [0.3, 0.4) is 0 Å². The van der Waals surface area contributed by atoms with Crippen LogP contribution in [-0.4, -0.2) is 34.9 Å². The highest BCUT2D eigenvalue weighted by molar-refractivity contribution is 5.95. The van der Waals surface area contributed by atoms with Gasteiger partial charge in [-0.05, 0) is 43.3 Å². The first-order valence-corrected chi connectivity index (χ1v) is 8.59. The van der Waals surface area contributed by atoms with E-state index >= 15 is 0 Å². The lowest BCUT2D eigenvalue weighted by Gasteiger charge is -2.26. The van der Waals surface area contributed by atoms with E-state index in [2.05, 4.69) is 10.4 Å². The van der Waals surface area contributed by atoms with Crippen LogP contribution in [0.25, 0.3) is 5.69 Å². The number of ether oxygens (including phenoxy) is 2. The van der Waals surface area contributed by atoms with Gasteiger partial charge in [0.1, 0.15) is 18.5 Å². The Morgan fingerprint density at radius 3 is 2.74 bits per heavy atom. The molecule has 0 aliphatic carbocycles. The number of fused-ring (bicyclic) bond motifs is 1. The number of para-hydroxylation sites is 2. The van der Waals surface area contributed by atoms with E-state index in [0.717, 1.165) is 0 Å². The molecule has 0 spiro atoms. The number of carbonyl (C=O) groups is 1. The van der Waals surface area contributed by atoms with Gasteiger partial charge in [-0.25, -0.2) is 9.07 Å². The monoisotopic (exact) mass is 367 g/mol. The van der Waals surface area contributed by atoms with E-state index in [1.54, 1.807) is 23.7 Å². The number of nitrogens with zero attached hydrogens (tertiary/aromatic N) is 2. The molecule has 0 saturated heterocycles. The van der Waals surface area contributed by atoms with Crippen molar-refractivity contribution in [3.63, 3.8) is 0 Å². The van der Waals surface area contributed by atoms with Gasteiger partial charge in [0, 0.05) is 0 Å². The second-order valence-corrected chi connectivity index (χ2v) is 6.24. The molecular formula is C20H18FN3O3. The molecule has 0 fully saturated rings. The van der Waals surface area contributed by atoms with Gasteiger partial charge in [-0.15, -0.1) is 0 Å². The summed E-state index contributed by atoms with van der Waals surface area (Å²) in [5.41, 5.74) is 1.82. The van der Waals surface area contributed by atoms with Crippen molar-refractivity contribution in [2.75, 3.05) is 13.2 Å². The van der Waals surface area contributed by atoms with Crippen LogP contribution in [0.15, 0.2) is 54.7 Å². The van der Waals surface area contributed by atoms with Crippen molar-refractivity contribution in [2.45, 2.75) is 13.0 Å². The summed E-state index contributed by atoms with van der Waals surface area (Å²) in [6, 6.07) is 13.4. The Morgan fingerprint density at radius 2 is 1.96 bits per heavy atom. The number of halogens is 1. The third-order valence-corrected chi connectivity index (χ3v) is 4.38. The number of hydrogen-bond donors (Lipinski definition) is 1. The van der Waals surface area contributed by atoms with E-state index in [4.69, 9.17) is 9.47 Å². The Labute approximate surface area is 155 Å². The SMILES string of the molecule is Cc1c(C(=O)NCC2COc3ccccc3O2)cnn1-c1ccc(F)cc1. The normalized spacial score (nSPS) is 15.4. The van der Waals surface area contributed by atoms with Crippen molar-refractivity contribution < 1.29 is 18.7 Å². The average molecular weight is 367 g/mol. The highest BCUT2D eigenvalue weighted by Gasteiger charge is 2.22. The third-order valence-electron chi connectivity index (χ3n) is 4.38. The lowest BCUT2D eigenvalue weighted by Crippen LogP contribution is -2.40. The molecule has 7 heteroatoms. The zero-order valence-corrected chi connectivity index (χ0v) is 14.7. The average Bonchev–Trinajstić information content (AvgIpc) is 3.08. The van der Waals surface area contributed by atoms with Gasteiger partial charge in [0.15, 0.2) is 11.5 Å². The number of nitrogens with one attached hydrogen (secondary N) is 1. The van der Waals surface area contributed by atoms with Crippen LogP contribution in [0, 0.1) is 12.7 Å². The summed E-state index contributed by atoms with van der Waals surface area (Å²) in [7, 11) is 0. The second-order valence-electron chi connectivity index (χ2n) is 6.24. The van der Waals surface area contributed by atoms with Crippen molar-refractivity contribution in [3.8, 4) is 17.2 Å². The lowest BCUT2D eigenvalue weighted by atomic mass is 10.2. The van der Waals surface area contributed by atoms with Gasteiger partial charge in [0.05, 0.1) is 29.7 Å². The first kappa shape index (κ1) is 17.1. The fraction of sp³-hybridized carbons (Fsp3) is 0.200. The Bertz CT molecular complexity index is 969. The predicted molar refractivity (Wildman–Crippen MR) is 96.9 cm³/mol. The Hall–Kier alpha value is -3.35. The molecule has 4 rings (SSSR count). The third kappa shape index (κ3) is 3.48. The molecule has 1 aromatic heterocycles. The van der Waals surface area contributed by atoms with Crippen LogP contribution < -0.4 is 14.8 Å². The van der Waals surface area contributed by atoms with Gasteiger partial charge in [-0.2, -0.15) is 5.10 Å². The zero-order chi connectivity index (χ0) is 18.8. The van der Waals surface area contributed by atoms with E-state index in [0.29, 0.717) is 41.6 Å². The van der Waals surface area contributed by atoms with Crippen molar-refractivity contribution in [3.05, 3.63) is 71.8 Å². The standard InChI is InChI=1S/C20H18FN3O3/c1-13-17(11-23-24(13)15-8-6-14(21)7-9-15)20(25)22-10-16-12-26-18-4-2-3-5-19(18)27-16/h2-9,11,16H,10,12H2,1H3,(H,22,25). The summed E-state index contributed by atoms with van der Waals surface area (Å²) in [5, 5.41) is 7.10. The van der Waals surface area contributed by atoms with E-state index in [1.165, 1.54) is 18.3 Å². The van der Waals surface area contributed by atoms with Crippen molar-refractivity contribution in [2.24, 2.45) is 0 Å². The Kier molecular flexibility index (Phi) is 4.50. The molecule has 27 heavy (non-hydrogen) atoms. The van der Waals surface area contributed by atoms with Crippen molar-refractivity contribution in [1.82, 2.24) is 15.1 Å². The fourth-order valence-corrected chi connectivity index (χ4v) is 2.94. The van der Waals surface area contributed by atoms with Crippen LogP contribution in [0.4, 0.5) is 4.39 Å². The molecule has 1 amide bonds. The van der Waals surface area contributed by atoms with Crippen LogP contribution in [0.5, 0.6) is 11.5 Å². The van der Waals surface area contributed by atoms with Gasteiger partial charge in [-0.1, -0.05) is 12.1 Å². The number of rotatable bonds is 4. The molecule has 1 aliphatic rings. The van der Waals surface area contributed by atoms with Crippen LogP contribution in [-0.2, 0) is 0 Å². The van der Waals surface area contributed by atoms with Crippen molar-refractivity contribution >= 4 is 5.91 Å². The van der Waals surface area contributed by atoms with Gasteiger partial charge in [0.2, 0.25) is 0 Å². The van der Waals surface area contributed by atoms with E-state index < -0.39 is 0 Å². The van der Waals surface area contributed by atoms with E-state index in [9.17, 15) is 9.18 Å². The largest absolute Gasteiger partial charge is 0.486 e. The molecule has 138 valence electrons. The fourth-order valence-electron chi connectivity index (χ4n) is 2.94. The molecule has 1 atom stereocenters. The zero-order valence-electron chi connectivity index (χ0n) is 14.7. The van der Waals surface area contributed by atoms with Crippen LogP contribution in [0.1, 0.15) is 16.1 Å². The Morgan fingerprint density at radius 1 is 1.22 bits per heavy atom. The number of aromatic nitrogens is 2. The highest BCUT2D eigenvalue weighted by Crippen LogP contribution is 2.30. The number of amides is 1. The maximum absolute atomic E-state index is 13.1. The summed E-state index contributed by atoms with van der Waals surface area (Å²) in [6.45, 7) is 2.47. The minimum absolute atomic E-state index is 0.247. The first-order valence-electron chi connectivity index (χ1n) is 8.59. The predicted octanol–water partition coefficient (Wildman–Crippen LogP) is 2.89. The molecule has 6 nitrogen and oxygen atoms in total. The molecule has 1 unspecified atom stereocenters. The molecule has 2 aromatic carbocycles. The number of hydrogen-bond acceptors (Lipinski definition) is 4. The smallest absolute Gasteiger partial charge is 0.254 e. The molecule has 0 radical (unpaired) electrons. The maximum Gasteiger partial charge on any atom is 0.254 e. The van der Waals surface area contributed by atoms with Crippen LogP contribution in [0.2, 0.25) is 0 Å². The Balaban J connectivity index is 1.41. The van der Waals surface area contributed by atoms with Crippen molar-refractivity contribution in [1.29, 1.82) is 0 Å². The molecule has 1 N–H and O–H groups in total. The summed E-state index contributed by atoms with van der Waals surface area (Å²) in [4.78, 5) is 12.5. The topological polar surface area (TPSA) is 65.4 Å². The summed E-state index contributed by atoms with van der Waals surface area (Å²) in [5.74, 6) is 0.806. The van der Waals surface area contributed by atoms with E-state index in [1.807, 2.05) is 24.3 Å². The van der Waals surface area contributed by atoms with Gasteiger partial charge >= 0.3 is 0 Å². The van der Waals surface area contributed by atoms with Gasteiger partial charge in [0.25, 0.3) is 5.91 Å². The van der Waals surface area contributed by atoms with Gasteiger partial charge < -0.3 is 14.8 Å². The van der Waals surface area contributed by atoms with Gasteiger partial charge in [-0.3, -0.25) is 4.79 Å². The minimum Gasteiger partial charge on any atom is -0.486 e.